The molecular formula is C16H27N5O4S. The number of rotatable bonds is 8. The molecule has 4 N–H and O–H groups in total. The third kappa shape index (κ3) is 7.81. The number of carbonyl (C=O) groups is 1. The van der Waals surface area contributed by atoms with E-state index in [1.165, 1.54) is 17.0 Å². The largest absolute Gasteiger partial charge is 0.383 e. The number of nitrogens with two attached hydrogens (primary N) is 1. The molecule has 0 saturated heterocycles. The molecule has 0 saturated carbocycles. The molecule has 1 atom stereocenters. The van der Waals surface area contributed by atoms with Gasteiger partial charge in [0, 0.05) is 27.2 Å². The quantitative estimate of drug-likeness (QED) is 0.409. The summed E-state index contributed by atoms with van der Waals surface area (Å²) in [5.74, 6) is 0.372. The van der Waals surface area contributed by atoms with Crippen LogP contribution >= 0.6 is 0 Å². The lowest BCUT2D eigenvalue weighted by Crippen LogP contribution is -2.47. The van der Waals surface area contributed by atoms with Gasteiger partial charge in [-0.2, -0.15) is 0 Å². The molecule has 0 fully saturated rings. The molecule has 1 unspecified atom stereocenters. The van der Waals surface area contributed by atoms with Crippen molar-refractivity contribution in [2.24, 2.45) is 10.1 Å². The second-order valence-corrected chi connectivity index (χ2v) is 7.56. The van der Waals surface area contributed by atoms with Gasteiger partial charge in [0.2, 0.25) is 15.9 Å². The third-order valence-electron chi connectivity index (χ3n) is 3.38. The Labute approximate surface area is 154 Å². The van der Waals surface area contributed by atoms with E-state index in [0.29, 0.717) is 19.1 Å². The number of hydrogen-bond donors (Lipinski definition) is 3. The Morgan fingerprint density at radius 2 is 1.92 bits per heavy atom. The first-order chi connectivity index (χ1) is 12.1. The fourth-order valence-electron chi connectivity index (χ4n) is 1.95. The van der Waals surface area contributed by atoms with E-state index >= 15 is 0 Å². The van der Waals surface area contributed by atoms with Gasteiger partial charge in [-0.15, -0.1) is 0 Å². The van der Waals surface area contributed by atoms with Gasteiger partial charge < -0.3 is 20.3 Å². The normalized spacial score (nSPS) is 13.2. The molecule has 1 amide bonds. The van der Waals surface area contributed by atoms with Crippen molar-refractivity contribution in [1.82, 2.24) is 15.5 Å². The first kappa shape index (κ1) is 21.9. The molecule has 0 aliphatic heterocycles. The van der Waals surface area contributed by atoms with Crippen molar-refractivity contribution in [3.05, 3.63) is 29.8 Å². The number of hydrogen-bond acceptors (Lipinski definition) is 5. The summed E-state index contributed by atoms with van der Waals surface area (Å²) in [6.45, 7) is 2.81. The van der Waals surface area contributed by atoms with E-state index < -0.39 is 10.0 Å². The molecule has 10 heteroatoms. The van der Waals surface area contributed by atoms with Crippen LogP contribution in [0.5, 0.6) is 0 Å². The number of carbonyl (C=O) groups excluding carboxylic acids is 1. The molecule has 1 rings (SSSR count). The highest BCUT2D eigenvalue weighted by molar-refractivity contribution is 7.89. The maximum atomic E-state index is 11.8. The second-order valence-electron chi connectivity index (χ2n) is 6.00. The number of guanidine groups is 1. The maximum absolute atomic E-state index is 11.8. The van der Waals surface area contributed by atoms with E-state index in [0.717, 1.165) is 5.56 Å². The zero-order valence-corrected chi connectivity index (χ0v) is 16.3. The van der Waals surface area contributed by atoms with Crippen molar-refractivity contribution in [1.29, 1.82) is 0 Å². The number of benzene rings is 1. The Bertz CT molecular complexity index is 717. The number of aliphatic imine (C=N–C) groups is 1. The van der Waals surface area contributed by atoms with Crippen LogP contribution in [-0.2, 0) is 26.1 Å². The molecule has 0 radical (unpaired) electrons. The Morgan fingerprint density at radius 3 is 2.42 bits per heavy atom. The van der Waals surface area contributed by atoms with Gasteiger partial charge in [0.25, 0.3) is 0 Å². The summed E-state index contributed by atoms with van der Waals surface area (Å²) in [6, 6.07) is 6.15. The second kappa shape index (κ2) is 10.1. The van der Waals surface area contributed by atoms with Crippen LogP contribution in [0, 0.1) is 0 Å². The van der Waals surface area contributed by atoms with E-state index in [-0.39, 0.29) is 23.4 Å². The number of nitrogens with zero attached hydrogens (tertiary/aromatic N) is 2. The molecule has 0 heterocycles. The van der Waals surface area contributed by atoms with E-state index in [2.05, 4.69) is 15.6 Å². The first-order valence-electron chi connectivity index (χ1n) is 7.99. The minimum atomic E-state index is -3.72. The number of amides is 1. The molecule has 0 aliphatic carbocycles. The fraction of sp³-hybridized carbons (Fsp3) is 0.500. The molecule has 146 valence electrons. The first-order valence-corrected chi connectivity index (χ1v) is 9.53. The summed E-state index contributed by atoms with van der Waals surface area (Å²) in [5, 5.41) is 11.2. The van der Waals surface area contributed by atoms with Crippen LogP contribution in [0.1, 0.15) is 12.5 Å². The van der Waals surface area contributed by atoms with Gasteiger partial charge in [-0.25, -0.2) is 18.5 Å². The zero-order valence-electron chi connectivity index (χ0n) is 15.5. The van der Waals surface area contributed by atoms with Crippen molar-refractivity contribution in [3.8, 4) is 0 Å². The number of methoxy groups -OCH3 is 1. The highest BCUT2D eigenvalue weighted by atomic mass is 32.2. The SMILES string of the molecule is COCC(C)NC(=NCc1ccc(S(N)(=O)=O)cc1)NCC(=O)N(C)C. The lowest BCUT2D eigenvalue weighted by molar-refractivity contribution is -0.127. The summed E-state index contributed by atoms with van der Waals surface area (Å²) < 4.78 is 27.6. The Balaban J connectivity index is 2.82. The van der Waals surface area contributed by atoms with Gasteiger partial charge in [0.1, 0.15) is 0 Å². The number of sulfonamides is 1. The Morgan fingerprint density at radius 1 is 1.31 bits per heavy atom. The summed E-state index contributed by atoms with van der Waals surface area (Å²) in [4.78, 5) is 17.7. The monoisotopic (exact) mass is 385 g/mol. The standard InChI is InChI=1S/C16H27N5O4S/c1-12(11-25-4)20-16(19-10-15(22)21(2)3)18-9-13-5-7-14(8-6-13)26(17,23)24/h5-8,12H,9-11H2,1-4H3,(H2,17,23,24)(H2,18,19,20). The lowest BCUT2D eigenvalue weighted by atomic mass is 10.2. The number of primary sulfonamides is 1. The predicted octanol–water partition coefficient (Wildman–Crippen LogP) is -0.508. The Hall–Kier alpha value is -2.17. The van der Waals surface area contributed by atoms with E-state index in [1.807, 2.05) is 6.92 Å². The van der Waals surface area contributed by atoms with Gasteiger partial charge >= 0.3 is 0 Å². The van der Waals surface area contributed by atoms with Crippen molar-refractivity contribution in [3.63, 3.8) is 0 Å². The van der Waals surface area contributed by atoms with Gasteiger partial charge in [0.15, 0.2) is 5.96 Å². The minimum absolute atomic E-state index is 0.00883. The fourth-order valence-corrected chi connectivity index (χ4v) is 2.47. The van der Waals surface area contributed by atoms with E-state index in [9.17, 15) is 13.2 Å². The van der Waals surface area contributed by atoms with Gasteiger partial charge in [-0.1, -0.05) is 12.1 Å². The molecular weight excluding hydrogens is 358 g/mol. The molecule has 0 aliphatic rings. The lowest BCUT2D eigenvalue weighted by Gasteiger charge is -2.18. The van der Waals surface area contributed by atoms with Crippen LogP contribution in [0.3, 0.4) is 0 Å². The van der Waals surface area contributed by atoms with Crippen molar-refractivity contribution in [2.45, 2.75) is 24.4 Å². The van der Waals surface area contributed by atoms with Gasteiger partial charge in [0.05, 0.1) is 24.6 Å². The number of ether oxygens (including phenoxy) is 1. The molecule has 0 spiro atoms. The van der Waals surface area contributed by atoms with Crippen molar-refractivity contribution in [2.75, 3.05) is 34.4 Å². The van der Waals surface area contributed by atoms with Gasteiger partial charge in [-0.3, -0.25) is 4.79 Å². The van der Waals surface area contributed by atoms with Crippen LogP contribution in [0.25, 0.3) is 0 Å². The number of nitrogens with one attached hydrogen (secondary N) is 2. The molecule has 0 aromatic heterocycles. The summed E-state index contributed by atoms with van der Waals surface area (Å²) in [5.41, 5.74) is 0.803. The van der Waals surface area contributed by atoms with E-state index in [1.54, 1.807) is 33.3 Å². The third-order valence-corrected chi connectivity index (χ3v) is 4.31. The van der Waals surface area contributed by atoms with Crippen LogP contribution < -0.4 is 15.8 Å². The zero-order chi connectivity index (χ0) is 19.7. The molecule has 1 aromatic rings. The highest BCUT2D eigenvalue weighted by Gasteiger charge is 2.10. The maximum Gasteiger partial charge on any atom is 0.241 e. The van der Waals surface area contributed by atoms with E-state index in [4.69, 9.17) is 9.88 Å². The average Bonchev–Trinajstić information content (AvgIpc) is 2.56. The minimum Gasteiger partial charge on any atom is -0.383 e. The number of likely N-dealkylation sites (N-methyl/N-ethyl adjacent to an activating group) is 1. The van der Waals surface area contributed by atoms with Gasteiger partial charge in [-0.05, 0) is 24.6 Å². The predicted molar refractivity (Wildman–Crippen MR) is 100 cm³/mol. The molecule has 26 heavy (non-hydrogen) atoms. The molecule has 9 nitrogen and oxygen atoms in total. The van der Waals surface area contributed by atoms with Crippen LogP contribution in [0.2, 0.25) is 0 Å². The summed E-state index contributed by atoms with van der Waals surface area (Å²) in [6.07, 6.45) is 0. The van der Waals surface area contributed by atoms with Crippen LogP contribution in [0.15, 0.2) is 34.2 Å². The summed E-state index contributed by atoms with van der Waals surface area (Å²) in [7, 11) is 1.24. The Kier molecular flexibility index (Phi) is 8.49. The summed E-state index contributed by atoms with van der Waals surface area (Å²) >= 11 is 0. The van der Waals surface area contributed by atoms with Crippen molar-refractivity contribution < 1.29 is 17.9 Å². The smallest absolute Gasteiger partial charge is 0.241 e. The molecule has 0 bridgehead atoms. The highest BCUT2D eigenvalue weighted by Crippen LogP contribution is 2.09. The average molecular weight is 385 g/mol. The van der Waals surface area contributed by atoms with Crippen molar-refractivity contribution >= 4 is 21.9 Å². The molecule has 1 aromatic carbocycles. The van der Waals surface area contributed by atoms with Crippen LogP contribution in [0.4, 0.5) is 0 Å². The topological polar surface area (TPSA) is 126 Å². The van der Waals surface area contributed by atoms with Crippen LogP contribution in [-0.4, -0.2) is 65.6 Å².